The summed E-state index contributed by atoms with van der Waals surface area (Å²) < 4.78 is 32.1. The van der Waals surface area contributed by atoms with E-state index in [-0.39, 0.29) is 17.7 Å². The number of hydrogen-bond acceptors (Lipinski definition) is 10. The fourth-order valence-electron chi connectivity index (χ4n) is 2.99. The van der Waals surface area contributed by atoms with Crippen LogP contribution in [0.1, 0.15) is 25.7 Å². The van der Waals surface area contributed by atoms with Crippen LogP contribution in [0.4, 0.5) is 0 Å². The van der Waals surface area contributed by atoms with Crippen molar-refractivity contribution in [2.45, 2.75) is 25.7 Å². The van der Waals surface area contributed by atoms with Crippen LogP contribution in [-0.2, 0) is 42.8 Å². The molecule has 3 amide bonds. The normalized spacial score (nSPS) is 13.2. The first kappa shape index (κ1) is 32.1. The van der Waals surface area contributed by atoms with Crippen molar-refractivity contribution in [3.8, 4) is 0 Å². The van der Waals surface area contributed by atoms with E-state index in [2.05, 4.69) is 5.32 Å². The van der Waals surface area contributed by atoms with E-state index in [4.69, 9.17) is 34.2 Å². The summed E-state index contributed by atoms with van der Waals surface area (Å²) >= 11 is 0. The molecule has 1 rings (SSSR count). The topological polar surface area (TPSA) is 148 Å². The maximum absolute atomic E-state index is 11.8. The number of carbonyl (C=O) groups is 3. The minimum absolute atomic E-state index is 0.0660. The Bertz CT molecular complexity index is 602. The van der Waals surface area contributed by atoms with Crippen LogP contribution >= 0.6 is 0 Å². The second-order valence-corrected chi connectivity index (χ2v) is 7.78. The fraction of sp³-hybridized carbons (Fsp3) is 0.792. The zero-order valence-electron chi connectivity index (χ0n) is 21.3. The lowest BCUT2D eigenvalue weighted by atomic mass is 10.2. The number of carbonyl (C=O) groups excluding carboxylic acids is 3. The van der Waals surface area contributed by atoms with E-state index in [1.54, 1.807) is 0 Å². The molecule has 0 aliphatic carbocycles. The molecule has 3 N–H and O–H groups in total. The molecule has 1 heterocycles. The number of ether oxygens (including phenoxy) is 6. The maximum atomic E-state index is 11.8. The molecular formula is C24H43N3O9. The minimum Gasteiger partial charge on any atom is -0.379 e. The molecule has 36 heavy (non-hydrogen) atoms. The number of nitrogens with two attached hydrogens (primary N) is 1. The SMILES string of the molecule is NCCOCCOCCOCCOCCOCCOCCC(=O)NCCCCCN1C(=O)C=CC1=O. The molecule has 12 heteroatoms. The van der Waals surface area contributed by atoms with Gasteiger partial charge in [0.2, 0.25) is 5.91 Å². The third-order valence-electron chi connectivity index (χ3n) is 4.88. The van der Waals surface area contributed by atoms with E-state index < -0.39 is 0 Å². The summed E-state index contributed by atoms with van der Waals surface area (Å²) in [4.78, 5) is 35.9. The standard InChI is InChI=1S/C24H43N3O9/c25-7-11-32-13-15-34-17-19-36-21-20-35-18-16-33-14-12-31-10-6-22(28)26-8-2-1-3-9-27-23(29)4-5-24(27)30/h4-5H,1-3,6-21,25H2,(H,26,28). The molecular weight excluding hydrogens is 474 g/mol. The zero-order chi connectivity index (χ0) is 26.1. The van der Waals surface area contributed by atoms with Gasteiger partial charge >= 0.3 is 0 Å². The summed E-state index contributed by atoms with van der Waals surface area (Å²) in [6.45, 7) is 7.24. The van der Waals surface area contributed by atoms with Gasteiger partial charge in [-0.1, -0.05) is 0 Å². The fourth-order valence-corrected chi connectivity index (χ4v) is 2.99. The van der Waals surface area contributed by atoms with E-state index >= 15 is 0 Å². The Morgan fingerprint density at radius 1 is 0.667 bits per heavy atom. The van der Waals surface area contributed by atoms with E-state index in [9.17, 15) is 14.4 Å². The van der Waals surface area contributed by atoms with Crippen LogP contribution in [0.25, 0.3) is 0 Å². The molecule has 0 radical (unpaired) electrons. The summed E-state index contributed by atoms with van der Waals surface area (Å²) in [5, 5.41) is 2.83. The lowest BCUT2D eigenvalue weighted by Gasteiger charge is -2.13. The summed E-state index contributed by atoms with van der Waals surface area (Å²) in [6.07, 6.45) is 5.20. The Kier molecular flexibility index (Phi) is 20.9. The first-order chi connectivity index (χ1) is 17.6. The Morgan fingerprint density at radius 2 is 1.11 bits per heavy atom. The van der Waals surface area contributed by atoms with Crippen LogP contribution in [0, 0.1) is 0 Å². The molecule has 1 aliphatic heterocycles. The molecule has 12 nitrogen and oxygen atoms in total. The molecule has 0 spiro atoms. The van der Waals surface area contributed by atoms with Crippen molar-refractivity contribution < 1.29 is 42.8 Å². The first-order valence-electron chi connectivity index (χ1n) is 12.6. The summed E-state index contributed by atoms with van der Waals surface area (Å²) in [5.74, 6) is -0.580. The zero-order valence-corrected chi connectivity index (χ0v) is 21.3. The predicted molar refractivity (Wildman–Crippen MR) is 131 cm³/mol. The van der Waals surface area contributed by atoms with Gasteiger partial charge in [0.15, 0.2) is 0 Å². The van der Waals surface area contributed by atoms with Crippen LogP contribution in [0.15, 0.2) is 12.2 Å². The third kappa shape index (κ3) is 18.4. The number of unbranched alkanes of at least 4 members (excludes halogenated alkanes) is 2. The highest BCUT2D eigenvalue weighted by Gasteiger charge is 2.22. The van der Waals surface area contributed by atoms with Crippen molar-refractivity contribution in [1.29, 1.82) is 0 Å². The molecule has 208 valence electrons. The van der Waals surface area contributed by atoms with E-state index in [0.29, 0.717) is 105 Å². The van der Waals surface area contributed by atoms with Gasteiger partial charge in [0, 0.05) is 38.2 Å². The predicted octanol–water partition coefficient (Wildman–Crippen LogP) is -0.354. The van der Waals surface area contributed by atoms with Crippen LogP contribution < -0.4 is 11.1 Å². The van der Waals surface area contributed by atoms with E-state index in [1.807, 2.05) is 0 Å². The van der Waals surface area contributed by atoms with Crippen molar-refractivity contribution in [2.75, 3.05) is 98.9 Å². The van der Waals surface area contributed by atoms with Crippen LogP contribution in [0.5, 0.6) is 0 Å². The number of nitrogens with one attached hydrogen (secondary N) is 1. The molecule has 0 aromatic rings. The monoisotopic (exact) mass is 517 g/mol. The second-order valence-electron chi connectivity index (χ2n) is 7.78. The molecule has 0 aromatic heterocycles. The smallest absolute Gasteiger partial charge is 0.253 e. The number of rotatable bonds is 26. The Morgan fingerprint density at radius 3 is 1.58 bits per heavy atom. The summed E-state index contributed by atoms with van der Waals surface area (Å²) in [7, 11) is 0. The molecule has 0 saturated heterocycles. The molecule has 0 fully saturated rings. The molecule has 0 atom stereocenters. The van der Waals surface area contributed by atoms with E-state index in [0.717, 1.165) is 19.3 Å². The summed E-state index contributed by atoms with van der Waals surface area (Å²) in [5.41, 5.74) is 5.31. The maximum Gasteiger partial charge on any atom is 0.253 e. The average Bonchev–Trinajstić information content (AvgIpc) is 3.19. The van der Waals surface area contributed by atoms with Gasteiger partial charge in [-0.05, 0) is 19.3 Å². The van der Waals surface area contributed by atoms with Crippen molar-refractivity contribution in [3.63, 3.8) is 0 Å². The molecule has 0 unspecified atom stereocenters. The van der Waals surface area contributed by atoms with Crippen molar-refractivity contribution in [1.82, 2.24) is 10.2 Å². The highest BCUT2D eigenvalue weighted by molar-refractivity contribution is 6.12. The van der Waals surface area contributed by atoms with Gasteiger partial charge in [0.1, 0.15) is 0 Å². The molecule has 0 aromatic carbocycles. The van der Waals surface area contributed by atoms with Crippen LogP contribution in [-0.4, -0.2) is 122 Å². The quantitative estimate of drug-likeness (QED) is 0.115. The Balaban J connectivity index is 1.72. The minimum atomic E-state index is -0.257. The highest BCUT2D eigenvalue weighted by atomic mass is 16.6. The molecule has 0 bridgehead atoms. The van der Waals surface area contributed by atoms with Crippen molar-refractivity contribution in [2.24, 2.45) is 5.73 Å². The number of imide groups is 1. The number of amides is 3. The van der Waals surface area contributed by atoms with Gasteiger partial charge in [0.05, 0.1) is 79.3 Å². The first-order valence-corrected chi connectivity index (χ1v) is 12.6. The van der Waals surface area contributed by atoms with Crippen molar-refractivity contribution in [3.05, 3.63) is 12.2 Å². The Labute approximate surface area is 213 Å². The van der Waals surface area contributed by atoms with Crippen LogP contribution in [0.2, 0.25) is 0 Å². The van der Waals surface area contributed by atoms with E-state index in [1.165, 1.54) is 17.1 Å². The molecule has 1 aliphatic rings. The molecule has 0 saturated carbocycles. The number of nitrogens with zero attached hydrogens (tertiary/aromatic N) is 1. The Hall–Kier alpha value is -1.93. The largest absolute Gasteiger partial charge is 0.379 e. The van der Waals surface area contributed by atoms with Crippen LogP contribution in [0.3, 0.4) is 0 Å². The van der Waals surface area contributed by atoms with Gasteiger partial charge in [0.25, 0.3) is 11.8 Å². The van der Waals surface area contributed by atoms with Gasteiger partial charge in [-0.2, -0.15) is 0 Å². The lowest BCUT2D eigenvalue weighted by molar-refractivity contribution is -0.136. The van der Waals surface area contributed by atoms with Gasteiger partial charge in [-0.3, -0.25) is 19.3 Å². The van der Waals surface area contributed by atoms with Gasteiger partial charge in [-0.25, -0.2) is 0 Å². The second kappa shape index (κ2) is 23.5. The highest BCUT2D eigenvalue weighted by Crippen LogP contribution is 2.06. The third-order valence-corrected chi connectivity index (χ3v) is 4.88. The number of hydrogen-bond donors (Lipinski definition) is 2. The van der Waals surface area contributed by atoms with Gasteiger partial charge in [-0.15, -0.1) is 0 Å². The summed E-state index contributed by atoms with van der Waals surface area (Å²) in [6, 6.07) is 0. The average molecular weight is 518 g/mol. The van der Waals surface area contributed by atoms with Gasteiger partial charge < -0.3 is 39.5 Å². The lowest BCUT2D eigenvalue weighted by Crippen LogP contribution is -2.31. The van der Waals surface area contributed by atoms with Crippen molar-refractivity contribution >= 4 is 17.7 Å².